The summed E-state index contributed by atoms with van der Waals surface area (Å²) >= 11 is 0. The maximum Gasteiger partial charge on any atom is 0.319 e. The van der Waals surface area contributed by atoms with Crippen LogP contribution in [0.25, 0.3) is 43.7 Å². The molecule has 0 radical (unpaired) electrons. The average Bonchev–Trinajstić information content (AvgIpc) is 3.90. The molecule has 6 heterocycles. The Morgan fingerprint density at radius 1 is 1.09 bits per heavy atom. The summed E-state index contributed by atoms with van der Waals surface area (Å²) < 4.78 is 73.9. The van der Waals surface area contributed by atoms with Crippen LogP contribution >= 0.6 is 0 Å². The van der Waals surface area contributed by atoms with Gasteiger partial charge in [-0.2, -0.15) is 23.8 Å². The Kier molecular flexibility index (Phi) is 8.86. The van der Waals surface area contributed by atoms with Gasteiger partial charge in [-0.05, 0) is 74.2 Å². The molecular formula is C41H41F4N7O3. The number of methoxy groups -OCH3 is 1. The van der Waals surface area contributed by atoms with Gasteiger partial charge in [-0.3, -0.25) is 14.5 Å². The number of hydrogen-bond acceptors (Lipinski definition) is 9. The van der Waals surface area contributed by atoms with Gasteiger partial charge in [0.15, 0.2) is 5.82 Å². The zero-order valence-electron chi connectivity index (χ0n) is 30.7. The highest BCUT2D eigenvalue weighted by Gasteiger charge is 2.48. The molecule has 10 nitrogen and oxygen atoms in total. The zero-order chi connectivity index (χ0) is 38.2. The normalized spacial score (nSPS) is 22.7. The van der Waals surface area contributed by atoms with Gasteiger partial charge in [0.2, 0.25) is 0 Å². The Hall–Kier alpha value is -4.97. The fourth-order valence-electron chi connectivity index (χ4n) is 9.80. The summed E-state index contributed by atoms with van der Waals surface area (Å²) in [4.78, 5) is 16.5. The van der Waals surface area contributed by atoms with Crippen molar-refractivity contribution in [2.24, 2.45) is 7.05 Å². The molecule has 9 rings (SSSR count). The van der Waals surface area contributed by atoms with E-state index in [2.05, 4.69) is 15.7 Å². The van der Waals surface area contributed by atoms with Gasteiger partial charge in [0.1, 0.15) is 35.0 Å². The molecule has 1 N–H and O–H groups in total. The monoisotopic (exact) mass is 755 g/mol. The van der Waals surface area contributed by atoms with Crippen LogP contribution in [0.2, 0.25) is 0 Å². The lowest BCUT2D eigenvalue weighted by atomic mass is 9.91. The second-order valence-corrected chi connectivity index (χ2v) is 15.4. The fourth-order valence-corrected chi connectivity index (χ4v) is 9.80. The predicted octanol–water partition coefficient (Wildman–Crippen LogP) is 6.76. The molecule has 4 aliphatic rings. The number of fused-ring (bicyclic) bond motifs is 7. The number of aryl methyl sites for hydroxylation is 1. The first-order valence-corrected chi connectivity index (χ1v) is 18.8. The van der Waals surface area contributed by atoms with Crippen molar-refractivity contribution in [3.8, 4) is 35.2 Å². The summed E-state index contributed by atoms with van der Waals surface area (Å²) in [7, 11) is 3.44. The quantitative estimate of drug-likeness (QED) is 0.0996. The van der Waals surface area contributed by atoms with E-state index in [1.54, 1.807) is 25.0 Å². The van der Waals surface area contributed by atoms with Crippen LogP contribution in [0.4, 0.5) is 23.4 Å². The molecule has 3 atom stereocenters. The van der Waals surface area contributed by atoms with Crippen LogP contribution < -0.4 is 9.64 Å². The van der Waals surface area contributed by atoms with Crippen molar-refractivity contribution in [1.29, 1.82) is 0 Å². The third-order valence-corrected chi connectivity index (χ3v) is 12.2. The van der Waals surface area contributed by atoms with Gasteiger partial charge >= 0.3 is 6.01 Å². The molecule has 4 fully saturated rings. The molecule has 0 saturated carbocycles. The van der Waals surface area contributed by atoms with Crippen LogP contribution in [-0.2, 0) is 11.8 Å². The number of phenolic OH excluding ortho intramolecular Hbond substituents is 1. The lowest BCUT2D eigenvalue weighted by Gasteiger charge is -2.42. The van der Waals surface area contributed by atoms with Gasteiger partial charge in [0, 0.05) is 87.1 Å². The highest BCUT2D eigenvalue weighted by molar-refractivity contribution is 6.18. The Labute approximate surface area is 315 Å². The number of halogens is 4. The Balaban J connectivity index is 1.24. The Morgan fingerprint density at radius 2 is 1.89 bits per heavy atom. The second-order valence-electron chi connectivity index (χ2n) is 15.4. The van der Waals surface area contributed by atoms with Gasteiger partial charge in [-0.15, -0.1) is 6.42 Å². The lowest BCUT2D eigenvalue weighted by Crippen LogP contribution is -2.54. The van der Waals surface area contributed by atoms with Crippen molar-refractivity contribution in [2.75, 3.05) is 57.9 Å². The van der Waals surface area contributed by atoms with Crippen LogP contribution in [0.15, 0.2) is 42.1 Å². The van der Waals surface area contributed by atoms with Gasteiger partial charge < -0.3 is 19.5 Å². The van der Waals surface area contributed by atoms with Crippen molar-refractivity contribution in [3.05, 3.63) is 59.3 Å². The van der Waals surface area contributed by atoms with Crippen LogP contribution in [0, 0.1) is 24.0 Å². The predicted molar refractivity (Wildman–Crippen MR) is 201 cm³/mol. The first-order valence-electron chi connectivity index (χ1n) is 18.8. The number of phenols is 1. The highest BCUT2D eigenvalue weighted by Crippen LogP contribution is 2.47. The van der Waals surface area contributed by atoms with Crippen LogP contribution in [-0.4, -0.2) is 105 Å². The van der Waals surface area contributed by atoms with Gasteiger partial charge in [-0.25, -0.2) is 8.78 Å². The average molecular weight is 756 g/mol. The first-order chi connectivity index (χ1) is 26.6. The lowest BCUT2D eigenvalue weighted by molar-refractivity contribution is 0.107. The maximum absolute atomic E-state index is 17.8. The summed E-state index contributed by atoms with van der Waals surface area (Å²) in [6.07, 6.45) is 10.6. The van der Waals surface area contributed by atoms with E-state index in [0.717, 1.165) is 32.2 Å². The molecule has 0 aliphatic carbocycles. The van der Waals surface area contributed by atoms with Crippen LogP contribution in [0.3, 0.4) is 0 Å². The fraction of sp³-hybridized carbons (Fsp3) is 0.439. The SMILES string of the molecule is C#Cc1c(F)ccc2cc(O)cc(-c3c(F)c4nc(OC[C@@]56CCCN5CC(=C(F)F)C6)nc(N5CC6CCC(C5)N6CCCOC)c4c4cn(C)nc34)c12. The summed E-state index contributed by atoms with van der Waals surface area (Å²) in [6, 6.07) is 5.96. The minimum atomic E-state index is -1.66. The van der Waals surface area contributed by atoms with Gasteiger partial charge in [0.05, 0.1) is 16.5 Å². The van der Waals surface area contributed by atoms with E-state index in [9.17, 15) is 13.9 Å². The summed E-state index contributed by atoms with van der Waals surface area (Å²) in [5.41, 5.74) is -0.217. The molecule has 2 aromatic heterocycles. The van der Waals surface area contributed by atoms with E-state index in [1.807, 2.05) is 4.90 Å². The van der Waals surface area contributed by atoms with Crippen molar-refractivity contribution < 1.29 is 32.1 Å². The Morgan fingerprint density at radius 3 is 2.64 bits per heavy atom. The molecular weight excluding hydrogens is 714 g/mol. The molecule has 2 bridgehead atoms. The molecule has 4 saturated heterocycles. The number of piperazine rings is 1. The van der Waals surface area contributed by atoms with Crippen molar-refractivity contribution >= 4 is 38.4 Å². The van der Waals surface area contributed by atoms with Crippen LogP contribution in [0.5, 0.6) is 11.8 Å². The van der Waals surface area contributed by atoms with Crippen molar-refractivity contribution in [1.82, 2.24) is 29.5 Å². The summed E-state index contributed by atoms with van der Waals surface area (Å²) in [5, 5.41) is 17.3. The standard InChI is InChI=1S/C41H41F4N7O3/c1-4-28-31(42)10-7-23-15-27(53)16-29(32(23)28)33-35(43)37-34(30-21-49(2)48-36(30)33)39(50-19-25-8-9-26(20-50)52(25)13-6-14-54-3)47-40(46-37)55-22-41-11-5-12-51(41)18-24(17-41)38(44)45/h1,7,10,15-16,21,25-26,53H,5-6,8-9,11-14,17-20,22H2,2-3H3/t25?,26?,41-/m0/s1. The van der Waals surface area contributed by atoms with Gasteiger partial charge in [-0.1, -0.05) is 12.0 Å². The molecule has 4 aliphatic heterocycles. The van der Waals surface area contributed by atoms with Crippen molar-refractivity contribution in [2.45, 2.75) is 56.1 Å². The minimum absolute atomic E-state index is 0.00529. The highest BCUT2D eigenvalue weighted by atomic mass is 19.3. The Bertz CT molecular complexity index is 2430. The number of aromatic hydroxyl groups is 1. The number of nitrogens with zero attached hydrogens (tertiary/aromatic N) is 7. The third-order valence-electron chi connectivity index (χ3n) is 12.2. The van der Waals surface area contributed by atoms with E-state index in [0.29, 0.717) is 54.6 Å². The summed E-state index contributed by atoms with van der Waals surface area (Å²) in [5.74, 6) is 1.33. The first kappa shape index (κ1) is 35.7. The van der Waals surface area contributed by atoms with Gasteiger partial charge in [0.25, 0.3) is 6.08 Å². The third kappa shape index (κ3) is 5.86. The molecule has 55 heavy (non-hydrogen) atoms. The zero-order valence-corrected chi connectivity index (χ0v) is 30.7. The maximum atomic E-state index is 17.8. The molecule has 286 valence electrons. The molecule has 5 aromatic rings. The molecule has 14 heteroatoms. The van der Waals surface area contributed by atoms with E-state index in [-0.39, 0.29) is 82.1 Å². The van der Waals surface area contributed by atoms with Crippen molar-refractivity contribution in [3.63, 3.8) is 0 Å². The number of terminal acetylenes is 1. The molecule has 3 aromatic carbocycles. The molecule has 0 amide bonds. The number of hydrogen-bond donors (Lipinski definition) is 1. The number of aromatic nitrogens is 4. The van der Waals surface area contributed by atoms with E-state index < -0.39 is 23.3 Å². The van der Waals surface area contributed by atoms with E-state index >= 15 is 8.78 Å². The minimum Gasteiger partial charge on any atom is -0.508 e. The van der Waals surface area contributed by atoms with Crippen LogP contribution in [0.1, 0.15) is 44.1 Å². The number of ether oxygens (including phenoxy) is 2. The topological polar surface area (TPSA) is 92.0 Å². The summed E-state index contributed by atoms with van der Waals surface area (Å²) in [6.45, 7) is 3.79. The second kappa shape index (κ2) is 13.6. The molecule has 0 spiro atoms. The smallest absolute Gasteiger partial charge is 0.319 e. The van der Waals surface area contributed by atoms with E-state index in [1.165, 1.54) is 24.3 Å². The number of rotatable bonds is 9. The number of anilines is 1. The van der Waals surface area contributed by atoms with E-state index in [4.69, 9.17) is 31.0 Å². The largest absolute Gasteiger partial charge is 0.508 e. The number of benzene rings is 3. The molecule has 2 unspecified atom stereocenters.